The lowest BCUT2D eigenvalue weighted by Gasteiger charge is -2.11. The van der Waals surface area contributed by atoms with Gasteiger partial charge < -0.3 is 0 Å². The number of nitrogens with one attached hydrogen (secondary N) is 2. The van der Waals surface area contributed by atoms with Crippen molar-refractivity contribution < 1.29 is 18.0 Å². The van der Waals surface area contributed by atoms with Crippen molar-refractivity contribution in [3.8, 4) is 11.8 Å². The molecule has 0 aliphatic rings. The molecule has 6 nitrogen and oxygen atoms in total. The van der Waals surface area contributed by atoms with E-state index in [1.165, 1.54) is 13.2 Å². The molecular formula is C24H22N2O4S. The molecule has 1 unspecified atom stereocenters. The molecule has 0 radical (unpaired) electrons. The zero-order valence-electron chi connectivity index (χ0n) is 17.1. The van der Waals surface area contributed by atoms with Gasteiger partial charge in [0.15, 0.2) is 0 Å². The van der Waals surface area contributed by atoms with Crippen LogP contribution in [0.1, 0.15) is 34.3 Å². The van der Waals surface area contributed by atoms with Gasteiger partial charge in [-0.25, -0.2) is 13.9 Å². The molecule has 7 heteroatoms. The van der Waals surface area contributed by atoms with Gasteiger partial charge in [-0.2, -0.15) is 0 Å². The van der Waals surface area contributed by atoms with Gasteiger partial charge in [-0.3, -0.25) is 14.4 Å². The molecule has 0 spiro atoms. The first-order valence-corrected chi connectivity index (χ1v) is 11.0. The Balaban J connectivity index is 1.73. The van der Waals surface area contributed by atoms with Crippen LogP contribution in [0.15, 0.2) is 83.8 Å². The van der Waals surface area contributed by atoms with Gasteiger partial charge in [-0.1, -0.05) is 48.2 Å². The van der Waals surface area contributed by atoms with Crippen molar-refractivity contribution in [3.63, 3.8) is 0 Å². The highest BCUT2D eigenvalue weighted by molar-refractivity contribution is 7.92. The summed E-state index contributed by atoms with van der Waals surface area (Å²) in [5.41, 5.74) is 4.58. The Kier molecular flexibility index (Phi) is 7.08. The molecule has 0 aromatic heterocycles. The molecule has 0 saturated carbocycles. The Morgan fingerprint density at radius 1 is 0.968 bits per heavy atom. The van der Waals surface area contributed by atoms with E-state index in [2.05, 4.69) is 26.9 Å². The first-order chi connectivity index (χ1) is 14.9. The van der Waals surface area contributed by atoms with Gasteiger partial charge >= 0.3 is 0 Å². The summed E-state index contributed by atoms with van der Waals surface area (Å²) in [5.74, 6) is 5.77. The third-order valence-corrected chi connectivity index (χ3v) is 5.87. The highest BCUT2D eigenvalue weighted by Gasteiger charge is 2.16. The molecule has 3 rings (SSSR count). The van der Waals surface area contributed by atoms with Crippen molar-refractivity contribution in [2.75, 3.05) is 11.8 Å². The fourth-order valence-corrected chi connectivity index (χ4v) is 3.87. The minimum Gasteiger partial charge on any atom is -0.280 e. The van der Waals surface area contributed by atoms with Gasteiger partial charge in [0.1, 0.15) is 0 Å². The molecule has 2 N–H and O–H groups in total. The predicted molar refractivity (Wildman–Crippen MR) is 120 cm³/mol. The van der Waals surface area contributed by atoms with Crippen molar-refractivity contribution in [2.24, 2.45) is 0 Å². The quantitative estimate of drug-likeness (QED) is 0.455. The van der Waals surface area contributed by atoms with E-state index < -0.39 is 15.9 Å². The number of sulfonamides is 1. The molecule has 3 aromatic carbocycles. The van der Waals surface area contributed by atoms with Crippen molar-refractivity contribution in [1.29, 1.82) is 0 Å². The summed E-state index contributed by atoms with van der Waals surface area (Å²) in [4.78, 5) is 16.6. The molecule has 0 fully saturated rings. The topological polar surface area (TPSA) is 84.5 Å². The second kappa shape index (κ2) is 9.94. The summed E-state index contributed by atoms with van der Waals surface area (Å²) < 4.78 is 28.0. The average molecular weight is 435 g/mol. The van der Waals surface area contributed by atoms with Crippen LogP contribution >= 0.6 is 0 Å². The van der Waals surface area contributed by atoms with Crippen LogP contribution in [-0.4, -0.2) is 21.4 Å². The number of hydrogen-bond acceptors (Lipinski definition) is 4. The number of rotatable bonds is 6. The normalized spacial score (nSPS) is 11.7. The monoisotopic (exact) mass is 434 g/mol. The molecule has 158 valence electrons. The van der Waals surface area contributed by atoms with E-state index in [0.717, 1.165) is 11.1 Å². The standard InChI is InChI=1S/C24H22N2O4S/c1-18(11-12-19-7-4-3-5-8-19)20-13-15-23(16-14-20)31(28,29)26-22-10-6-9-21(17-22)24(27)25-30-2/h3-10,13-18,26H,1-2H3,(H,25,27). The van der Waals surface area contributed by atoms with Gasteiger partial charge in [0, 0.05) is 22.7 Å². The average Bonchev–Trinajstić information content (AvgIpc) is 2.78. The van der Waals surface area contributed by atoms with E-state index in [9.17, 15) is 13.2 Å². The number of hydroxylamine groups is 1. The lowest BCUT2D eigenvalue weighted by atomic mass is 10.0. The van der Waals surface area contributed by atoms with Gasteiger partial charge in [0.2, 0.25) is 0 Å². The van der Waals surface area contributed by atoms with Gasteiger partial charge in [-0.15, -0.1) is 0 Å². The van der Waals surface area contributed by atoms with Crippen molar-refractivity contribution in [3.05, 3.63) is 95.6 Å². The Morgan fingerprint density at radius 2 is 1.68 bits per heavy atom. The molecule has 0 heterocycles. The fraction of sp³-hybridized carbons (Fsp3) is 0.125. The third kappa shape index (κ3) is 5.95. The second-order valence-corrected chi connectivity index (χ2v) is 8.43. The minimum atomic E-state index is -3.81. The molecule has 0 saturated heterocycles. The number of amides is 1. The van der Waals surface area contributed by atoms with Crippen LogP contribution in [0.3, 0.4) is 0 Å². The molecule has 0 aliphatic heterocycles. The maximum atomic E-state index is 12.7. The second-order valence-electron chi connectivity index (χ2n) is 6.75. The zero-order chi connectivity index (χ0) is 22.3. The Labute approximate surface area is 182 Å². The Bertz CT molecular complexity index is 1210. The van der Waals surface area contributed by atoms with E-state index in [0.29, 0.717) is 0 Å². The SMILES string of the molecule is CONC(=O)c1cccc(NS(=O)(=O)c2ccc(C(C)C#Cc3ccccc3)cc2)c1. The highest BCUT2D eigenvalue weighted by atomic mass is 32.2. The van der Waals surface area contributed by atoms with Crippen LogP contribution in [0.2, 0.25) is 0 Å². The molecule has 0 bridgehead atoms. The molecule has 1 amide bonds. The summed E-state index contributed by atoms with van der Waals surface area (Å²) in [6, 6.07) is 22.4. The number of anilines is 1. The van der Waals surface area contributed by atoms with Crippen LogP contribution in [0, 0.1) is 11.8 Å². The number of benzene rings is 3. The number of hydrogen-bond donors (Lipinski definition) is 2. The van der Waals surface area contributed by atoms with E-state index in [-0.39, 0.29) is 22.1 Å². The Morgan fingerprint density at radius 3 is 2.35 bits per heavy atom. The van der Waals surface area contributed by atoms with Gasteiger partial charge in [0.05, 0.1) is 12.0 Å². The fourth-order valence-electron chi connectivity index (χ4n) is 2.82. The number of carbonyl (C=O) groups excluding carboxylic acids is 1. The van der Waals surface area contributed by atoms with Crippen LogP contribution in [0.4, 0.5) is 5.69 Å². The van der Waals surface area contributed by atoms with Crippen LogP contribution in [-0.2, 0) is 14.9 Å². The van der Waals surface area contributed by atoms with Crippen LogP contribution in [0.5, 0.6) is 0 Å². The van der Waals surface area contributed by atoms with Crippen LogP contribution in [0.25, 0.3) is 0 Å². The molecule has 1 atom stereocenters. The highest BCUT2D eigenvalue weighted by Crippen LogP contribution is 2.21. The summed E-state index contributed by atoms with van der Waals surface area (Å²) in [6.07, 6.45) is 0. The smallest absolute Gasteiger partial charge is 0.274 e. The maximum Gasteiger partial charge on any atom is 0.274 e. The molecule has 0 aliphatic carbocycles. The summed E-state index contributed by atoms with van der Waals surface area (Å²) in [6.45, 7) is 1.97. The van der Waals surface area contributed by atoms with Crippen LogP contribution < -0.4 is 10.2 Å². The van der Waals surface area contributed by atoms with E-state index in [4.69, 9.17) is 0 Å². The third-order valence-electron chi connectivity index (χ3n) is 4.47. The van der Waals surface area contributed by atoms with Crippen molar-refractivity contribution in [2.45, 2.75) is 17.7 Å². The van der Waals surface area contributed by atoms with Gasteiger partial charge in [-0.05, 0) is 55.0 Å². The first-order valence-electron chi connectivity index (χ1n) is 9.52. The molecule has 3 aromatic rings. The largest absolute Gasteiger partial charge is 0.280 e. The van der Waals surface area contributed by atoms with E-state index in [1.54, 1.807) is 42.5 Å². The predicted octanol–water partition coefficient (Wildman–Crippen LogP) is 3.93. The summed E-state index contributed by atoms with van der Waals surface area (Å²) in [7, 11) is -2.49. The number of carbonyl (C=O) groups is 1. The molecule has 31 heavy (non-hydrogen) atoms. The summed E-state index contributed by atoms with van der Waals surface area (Å²) >= 11 is 0. The Hall–Kier alpha value is -3.60. The van der Waals surface area contributed by atoms with Crippen molar-refractivity contribution in [1.82, 2.24) is 5.48 Å². The van der Waals surface area contributed by atoms with Gasteiger partial charge in [0.25, 0.3) is 15.9 Å². The zero-order valence-corrected chi connectivity index (χ0v) is 17.9. The minimum absolute atomic E-state index is 0.0547. The van der Waals surface area contributed by atoms with Crippen molar-refractivity contribution >= 4 is 21.6 Å². The van der Waals surface area contributed by atoms with E-state index >= 15 is 0 Å². The van der Waals surface area contributed by atoms with E-state index in [1.807, 2.05) is 37.3 Å². The lowest BCUT2D eigenvalue weighted by molar-refractivity contribution is 0.0537. The maximum absolute atomic E-state index is 12.7. The molecular weight excluding hydrogens is 412 g/mol. The lowest BCUT2D eigenvalue weighted by Crippen LogP contribution is -2.22. The summed E-state index contributed by atoms with van der Waals surface area (Å²) in [5, 5.41) is 0. The first kappa shape index (κ1) is 22.1.